The summed E-state index contributed by atoms with van der Waals surface area (Å²) >= 11 is 0. The molecule has 0 unspecified atom stereocenters. The van der Waals surface area contributed by atoms with E-state index >= 15 is 0 Å². The number of nitrogens with two attached hydrogens (primary N) is 2. The van der Waals surface area contributed by atoms with Crippen LogP contribution in [-0.2, 0) is 21.1 Å². The van der Waals surface area contributed by atoms with Gasteiger partial charge in [0.1, 0.15) is 0 Å². The molecule has 2 nitrogen and oxygen atoms in total. The molecule has 0 atom stereocenters. The summed E-state index contributed by atoms with van der Waals surface area (Å²) < 4.78 is 0. The molecule has 0 radical (unpaired) electrons. The molecule has 7 heteroatoms. The smallest absolute Gasteiger partial charge is 1.00 e. The first-order valence-electron chi connectivity index (χ1n) is 1.32. The Labute approximate surface area is 104 Å². The van der Waals surface area contributed by atoms with Crippen LogP contribution in [0.1, 0.15) is 0 Å². The predicted octanol–water partition coefficient (Wildman–Crippen LogP) is -13.1. The Kier molecular flexibility index (Phi) is 238. The number of hydrogen-bond acceptors (Lipinski definition) is 2. The minimum absolute atomic E-state index is 0. The van der Waals surface area contributed by atoms with Crippen LogP contribution in [0.5, 0.6) is 0 Å². The van der Waals surface area contributed by atoms with Crippen molar-refractivity contribution in [3.63, 3.8) is 0 Å². The Balaban J connectivity index is -0.00000000450. The van der Waals surface area contributed by atoms with Gasteiger partial charge in [-0.1, -0.05) is 0 Å². The van der Waals surface area contributed by atoms with E-state index in [1.165, 1.54) is 0 Å². The maximum absolute atomic E-state index is 4.90. The molecule has 4 N–H and O–H groups in total. The van der Waals surface area contributed by atoms with E-state index < -0.39 is 0 Å². The first-order valence-corrected chi connectivity index (χ1v) is 1.32. The van der Waals surface area contributed by atoms with Gasteiger partial charge in [0.05, 0.1) is 0 Å². The van der Waals surface area contributed by atoms with Crippen LogP contribution in [0.15, 0.2) is 0 Å². The van der Waals surface area contributed by atoms with E-state index in [0.717, 1.165) is 0 Å². The van der Waals surface area contributed by atoms with Gasteiger partial charge >= 0.3 is 21.1 Å². The summed E-state index contributed by atoms with van der Waals surface area (Å²) in [5.41, 5.74) is 9.81. The molecule has 0 amide bonds. The first kappa shape index (κ1) is 43.3. The van der Waals surface area contributed by atoms with Crippen molar-refractivity contribution in [1.82, 2.24) is 0 Å². The van der Waals surface area contributed by atoms with Gasteiger partial charge in [0.25, 0.3) is 0 Å². The fraction of sp³-hybridized carbons (Fsp3) is 1.00. The van der Waals surface area contributed by atoms with Gasteiger partial charge in [-0.25, -0.2) is 0 Å². The fourth-order valence-electron chi connectivity index (χ4n) is 0. The third kappa shape index (κ3) is 68.0. The van der Waals surface area contributed by atoms with E-state index in [-0.39, 0.29) is 79.8 Å². The molecule has 0 aliphatic heterocycles. The summed E-state index contributed by atoms with van der Waals surface area (Å²) in [7, 11) is 0. The van der Waals surface area contributed by atoms with Crippen molar-refractivity contribution in [2.45, 2.75) is 0 Å². The zero-order valence-electron chi connectivity index (χ0n) is 4.40. The molecule has 64 valence electrons. The van der Waals surface area contributed by atoms with Gasteiger partial charge in [-0.3, -0.25) is 0 Å². The predicted molar refractivity (Wildman–Crippen MR) is 18.1 cm³/mol. The van der Waals surface area contributed by atoms with Crippen LogP contribution in [0.3, 0.4) is 0 Å². The van der Waals surface area contributed by atoms with Crippen molar-refractivity contribution >= 4 is 0 Å². The van der Waals surface area contributed by atoms with Crippen molar-refractivity contribution in [1.29, 1.82) is 0 Å². The van der Waals surface area contributed by atoms with Gasteiger partial charge in [0.2, 0.25) is 0 Å². The molecular formula is C2H8Br2Cl2N2Pt. The standard InChI is InChI=1S/C2H8N2.2BrH.2ClH.Pt/c3-1-2-4;;;;;/h1-4H2;4*1H;/q;;;;;+4/p-4. The Morgan fingerprint density at radius 3 is 0.889 bits per heavy atom. The van der Waals surface area contributed by atoms with E-state index in [0.29, 0.717) is 13.1 Å². The average molecular weight is 486 g/mol. The average Bonchev–Trinajstić information content (AvgIpc) is 1.37. The monoisotopic (exact) mass is 483 g/mol. The second-order valence-corrected chi connectivity index (χ2v) is 0.577. The van der Waals surface area contributed by atoms with Crippen molar-refractivity contribution in [3.05, 3.63) is 0 Å². The molecule has 0 bridgehead atoms. The third-order valence-electron chi connectivity index (χ3n) is 0.167. The van der Waals surface area contributed by atoms with Gasteiger partial charge in [-0.05, 0) is 0 Å². The zero-order chi connectivity index (χ0) is 3.41. The van der Waals surface area contributed by atoms with Crippen molar-refractivity contribution in [2.24, 2.45) is 11.5 Å². The van der Waals surface area contributed by atoms with Crippen molar-refractivity contribution in [3.8, 4) is 0 Å². The zero-order valence-corrected chi connectivity index (χ0v) is 11.4. The minimum atomic E-state index is 0. The summed E-state index contributed by atoms with van der Waals surface area (Å²) in [6.07, 6.45) is 0. The maximum atomic E-state index is 4.90. The van der Waals surface area contributed by atoms with E-state index in [4.69, 9.17) is 11.5 Å². The second-order valence-electron chi connectivity index (χ2n) is 0.577. The van der Waals surface area contributed by atoms with Gasteiger partial charge in [-0.15, -0.1) is 0 Å². The van der Waals surface area contributed by atoms with Gasteiger partial charge in [0, 0.05) is 13.1 Å². The Hall–Kier alpha value is 2.15. The largest absolute Gasteiger partial charge is 4.00 e. The van der Waals surface area contributed by atoms with Crippen LogP contribution in [0.2, 0.25) is 0 Å². The quantitative estimate of drug-likeness (QED) is 0.388. The molecule has 0 fully saturated rings. The minimum Gasteiger partial charge on any atom is -1.00 e. The Morgan fingerprint density at radius 1 is 0.778 bits per heavy atom. The maximum Gasteiger partial charge on any atom is 4.00 e. The summed E-state index contributed by atoms with van der Waals surface area (Å²) in [5.74, 6) is 0. The first-order chi connectivity index (χ1) is 1.91. The number of hydrogen-bond donors (Lipinski definition) is 2. The van der Waals surface area contributed by atoms with Gasteiger partial charge < -0.3 is 70.2 Å². The van der Waals surface area contributed by atoms with E-state index in [1.54, 1.807) is 0 Å². The second kappa shape index (κ2) is 49.4. The van der Waals surface area contributed by atoms with Crippen LogP contribution >= 0.6 is 0 Å². The SMILES string of the molecule is NCCN.[Br-].[Br-].[Cl-].[Cl-].[Pt+4]. The topological polar surface area (TPSA) is 52.0 Å². The van der Waals surface area contributed by atoms with Crippen LogP contribution in [0, 0.1) is 0 Å². The summed E-state index contributed by atoms with van der Waals surface area (Å²) in [6.45, 7) is 1.19. The van der Waals surface area contributed by atoms with Crippen molar-refractivity contribution in [2.75, 3.05) is 13.1 Å². The molecule has 0 spiro atoms. The van der Waals surface area contributed by atoms with Crippen LogP contribution in [0.4, 0.5) is 0 Å². The molecular weight excluding hydrogens is 478 g/mol. The molecule has 0 aliphatic carbocycles. The number of rotatable bonds is 1. The molecule has 0 aromatic carbocycles. The molecule has 0 saturated carbocycles. The molecule has 0 saturated heterocycles. The Bertz CT molecular complexity index is 22.5. The number of halogens is 4. The summed E-state index contributed by atoms with van der Waals surface area (Å²) in [4.78, 5) is 0. The fourth-order valence-corrected chi connectivity index (χ4v) is 0. The van der Waals surface area contributed by atoms with Gasteiger partial charge in [0.15, 0.2) is 0 Å². The van der Waals surface area contributed by atoms with Gasteiger partial charge in [-0.2, -0.15) is 0 Å². The summed E-state index contributed by atoms with van der Waals surface area (Å²) in [6, 6.07) is 0. The van der Waals surface area contributed by atoms with Crippen LogP contribution in [-0.4, -0.2) is 13.1 Å². The molecule has 0 rings (SSSR count). The summed E-state index contributed by atoms with van der Waals surface area (Å²) in [5, 5.41) is 0. The molecule has 0 heterocycles. The Morgan fingerprint density at radius 2 is 0.889 bits per heavy atom. The third-order valence-corrected chi connectivity index (χ3v) is 0.167. The van der Waals surface area contributed by atoms with Crippen LogP contribution < -0.4 is 70.2 Å². The molecule has 0 aliphatic rings. The van der Waals surface area contributed by atoms with E-state index in [1.807, 2.05) is 0 Å². The normalized spacial score (nSPS) is 3.33. The van der Waals surface area contributed by atoms with E-state index in [2.05, 4.69) is 0 Å². The van der Waals surface area contributed by atoms with E-state index in [9.17, 15) is 0 Å². The molecule has 0 aromatic rings. The van der Waals surface area contributed by atoms with Crippen molar-refractivity contribution < 1.29 is 79.8 Å². The molecule has 0 aromatic heterocycles. The molecule has 9 heavy (non-hydrogen) atoms. The van der Waals surface area contributed by atoms with Crippen LogP contribution in [0.25, 0.3) is 0 Å².